The number of carbonyl (C=O) groups excluding carboxylic acids is 1. The van der Waals surface area contributed by atoms with E-state index >= 15 is 0 Å². The Hall–Kier alpha value is -0.330. The molecule has 0 aliphatic heterocycles. The first-order chi connectivity index (χ1) is 4.27. The minimum absolute atomic E-state index is 0.515. The molecule has 50 valence electrons. The summed E-state index contributed by atoms with van der Waals surface area (Å²) in [5.41, 5.74) is 0. The molecule has 3 atom stereocenters. The molecule has 1 nitrogen and oxygen atoms in total. The smallest absolute Gasteiger partial charge is 0.136 e. The third-order valence-electron chi connectivity index (χ3n) is 2.59. The summed E-state index contributed by atoms with van der Waals surface area (Å²) in [5.74, 6) is 2.54. The molecule has 0 N–H and O–H groups in total. The molecule has 0 amide bonds. The van der Waals surface area contributed by atoms with Crippen molar-refractivity contribution in [1.29, 1.82) is 0 Å². The van der Waals surface area contributed by atoms with Crippen LogP contribution in [0.5, 0.6) is 0 Å². The second-order valence-electron chi connectivity index (χ2n) is 3.61. The lowest BCUT2D eigenvalue weighted by atomic mass is 9.90. The molecule has 0 radical (unpaired) electrons. The molecule has 0 aromatic rings. The summed E-state index contributed by atoms with van der Waals surface area (Å²) in [6, 6.07) is 0. The van der Waals surface area contributed by atoms with Crippen molar-refractivity contribution in [1.82, 2.24) is 0 Å². The topological polar surface area (TPSA) is 17.1 Å². The molecule has 1 heteroatoms. The first-order valence-corrected chi connectivity index (χ1v) is 3.80. The summed E-state index contributed by atoms with van der Waals surface area (Å²) < 4.78 is 0. The van der Waals surface area contributed by atoms with Gasteiger partial charge in [0.05, 0.1) is 0 Å². The van der Waals surface area contributed by atoms with E-state index in [1.165, 1.54) is 12.8 Å². The van der Waals surface area contributed by atoms with Crippen molar-refractivity contribution in [2.45, 2.75) is 26.2 Å². The van der Waals surface area contributed by atoms with Gasteiger partial charge in [0, 0.05) is 12.3 Å². The third kappa shape index (κ3) is 0.790. The number of carbonyl (C=O) groups is 1. The average Bonchev–Trinajstić information content (AvgIpc) is 2.43. The van der Waals surface area contributed by atoms with Crippen LogP contribution in [0, 0.1) is 17.8 Å². The van der Waals surface area contributed by atoms with E-state index in [-0.39, 0.29) is 0 Å². The Balaban J connectivity index is 2.07. The van der Waals surface area contributed by atoms with Gasteiger partial charge in [0.1, 0.15) is 5.78 Å². The number of ketones is 1. The fourth-order valence-electron chi connectivity index (χ4n) is 2.00. The van der Waals surface area contributed by atoms with Crippen LogP contribution in [0.2, 0.25) is 0 Å². The number of hydrogen-bond acceptors (Lipinski definition) is 1. The highest BCUT2D eigenvalue weighted by Gasteiger charge is 2.46. The van der Waals surface area contributed by atoms with Crippen LogP contribution in [0.15, 0.2) is 0 Å². The molecule has 2 rings (SSSR count). The van der Waals surface area contributed by atoms with Crippen LogP contribution in [0.1, 0.15) is 26.2 Å². The Morgan fingerprint density at radius 2 is 2.22 bits per heavy atom. The molecule has 9 heavy (non-hydrogen) atoms. The van der Waals surface area contributed by atoms with Gasteiger partial charge in [0.25, 0.3) is 0 Å². The van der Waals surface area contributed by atoms with Gasteiger partial charge in [-0.1, -0.05) is 6.92 Å². The molecule has 0 heterocycles. The largest absolute Gasteiger partial charge is 0.299 e. The molecule has 0 aromatic heterocycles. The minimum Gasteiger partial charge on any atom is -0.299 e. The average molecular weight is 124 g/mol. The van der Waals surface area contributed by atoms with Gasteiger partial charge in [-0.2, -0.15) is 0 Å². The molecular formula is C8H12O. The lowest BCUT2D eigenvalue weighted by Crippen LogP contribution is -2.14. The Labute approximate surface area is 55.4 Å². The third-order valence-corrected chi connectivity index (χ3v) is 2.59. The highest BCUT2D eigenvalue weighted by atomic mass is 16.1. The SMILES string of the molecule is CC1CC(=O)[C@@H]2C[C@@H]2C1. The fourth-order valence-corrected chi connectivity index (χ4v) is 2.00. The zero-order valence-electron chi connectivity index (χ0n) is 5.76. The predicted molar refractivity (Wildman–Crippen MR) is 35.0 cm³/mol. The zero-order valence-corrected chi connectivity index (χ0v) is 5.76. The number of rotatable bonds is 0. The maximum Gasteiger partial charge on any atom is 0.136 e. The first-order valence-electron chi connectivity index (χ1n) is 3.80. The van der Waals surface area contributed by atoms with E-state index in [2.05, 4.69) is 6.92 Å². The van der Waals surface area contributed by atoms with E-state index in [0.717, 1.165) is 12.3 Å². The van der Waals surface area contributed by atoms with Crippen LogP contribution in [-0.4, -0.2) is 5.78 Å². The van der Waals surface area contributed by atoms with E-state index in [0.29, 0.717) is 17.6 Å². The molecule has 2 aliphatic carbocycles. The summed E-state index contributed by atoms with van der Waals surface area (Å²) in [4.78, 5) is 11.0. The normalized spacial score (nSPS) is 48.6. The number of Topliss-reactive ketones (excluding diaryl/α,β-unsaturated/α-hetero) is 1. The molecule has 0 spiro atoms. The molecule has 0 saturated heterocycles. The lowest BCUT2D eigenvalue weighted by molar-refractivity contribution is -0.122. The van der Waals surface area contributed by atoms with Gasteiger partial charge in [0.15, 0.2) is 0 Å². The van der Waals surface area contributed by atoms with Crippen molar-refractivity contribution in [3.63, 3.8) is 0 Å². The number of hydrogen-bond donors (Lipinski definition) is 0. The zero-order chi connectivity index (χ0) is 6.43. The van der Waals surface area contributed by atoms with Crippen molar-refractivity contribution in [2.75, 3.05) is 0 Å². The lowest BCUT2D eigenvalue weighted by Gasteiger charge is -2.14. The highest BCUT2D eigenvalue weighted by molar-refractivity contribution is 5.84. The second kappa shape index (κ2) is 1.59. The summed E-state index contributed by atoms with van der Waals surface area (Å²) in [6.07, 6.45) is 3.39. The maximum atomic E-state index is 11.0. The standard InChI is InChI=1S/C8H12O/c1-5-2-6-4-7(6)8(9)3-5/h5-7H,2-4H2,1H3/t5?,6-,7+/m0/s1. The molecule has 2 saturated carbocycles. The van der Waals surface area contributed by atoms with Crippen molar-refractivity contribution < 1.29 is 4.79 Å². The molecule has 2 aliphatic rings. The van der Waals surface area contributed by atoms with Crippen LogP contribution in [0.25, 0.3) is 0 Å². The molecule has 1 unspecified atom stereocenters. The maximum absolute atomic E-state index is 11.0. The van der Waals surface area contributed by atoms with Gasteiger partial charge >= 0.3 is 0 Å². The summed E-state index contributed by atoms with van der Waals surface area (Å²) >= 11 is 0. The first kappa shape index (κ1) is 5.45. The van der Waals surface area contributed by atoms with E-state index < -0.39 is 0 Å². The van der Waals surface area contributed by atoms with Gasteiger partial charge in [0.2, 0.25) is 0 Å². The van der Waals surface area contributed by atoms with Crippen LogP contribution in [0.3, 0.4) is 0 Å². The quantitative estimate of drug-likeness (QED) is 0.479. The van der Waals surface area contributed by atoms with Crippen molar-refractivity contribution in [3.8, 4) is 0 Å². The van der Waals surface area contributed by atoms with Crippen molar-refractivity contribution in [3.05, 3.63) is 0 Å². The Morgan fingerprint density at radius 3 is 2.89 bits per heavy atom. The van der Waals surface area contributed by atoms with Gasteiger partial charge in [-0.25, -0.2) is 0 Å². The van der Waals surface area contributed by atoms with Crippen molar-refractivity contribution >= 4 is 5.78 Å². The summed E-state index contributed by atoms with van der Waals surface area (Å²) in [5, 5.41) is 0. The monoisotopic (exact) mass is 124 g/mol. The summed E-state index contributed by atoms with van der Waals surface area (Å²) in [6.45, 7) is 2.19. The van der Waals surface area contributed by atoms with Gasteiger partial charge < -0.3 is 0 Å². The van der Waals surface area contributed by atoms with Gasteiger partial charge in [-0.05, 0) is 24.7 Å². The van der Waals surface area contributed by atoms with E-state index in [9.17, 15) is 4.79 Å². The van der Waals surface area contributed by atoms with E-state index in [1.54, 1.807) is 0 Å². The van der Waals surface area contributed by atoms with Gasteiger partial charge in [-0.15, -0.1) is 0 Å². The molecule has 0 aromatic carbocycles. The minimum atomic E-state index is 0.515. The molecule has 2 fully saturated rings. The van der Waals surface area contributed by atoms with E-state index in [1.807, 2.05) is 0 Å². The fraction of sp³-hybridized carbons (Fsp3) is 0.875. The van der Waals surface area contributed by atoms with Crippen LogP contribution < -0.4 is 0 Å². The molecular weight excluding hydrogens is 112 g/mol. The van der Waals surface area contributed by atoms with Gasteiger partial charge in [-0.3, -0.25) is 4.79 Å². The Bertz CT molecular complexity index is 151. The highest BCUT2D eigenvalue weighted by Crippen LogP contribution is 2.49. The van der Waals surface area contributed by atoms with Crippen molar-refractivity contribution in [2.24, 2.45) is 17.8 Å². The van der Waals surface area contributed by atoms with Crippen LogP contribution in [0.4, 0.5) is 0 Å². The van der Waals surface area contributed by atoms with Crippen LogP contribution >= 0.6 is 0 Å². The van der Waals surface area contributed by atoms with E-state index in [4.69, 9.17) is 0 Å². The second-order valence-corrected chi connectivity index (χ2v) is 3.61. The number of fused-ring (bicyclic) bond motifs is 1. The molecule has 0 bridgehead atoms. The Kier molecular flexibility index (Phi) is 0.961. The van der Waals surface area contributed by atoms with Crippen LogP contribution in [-0.2, 0) is 4.79 Å². The predicted octanol–water partition coefficient (Wildman–Crippen LogP) is 1.62. The Morgan fingerprint density at radius 1 is 1.44 bits per heavy atom. The summed E-state index contributed by atoms with van der Waals surface area (Å²) in [7, 11) is 0.